The fourth-order valence-electron chi connectivity index (χ4n) is 3.12. The van der Waals surface area contributed by atoms with Crippen LogP contribution in [0.4, 0.5) is 16.3 Å². The number of methoxy groups -OCH3 is 2. The van der Waals surface area contributed by atoms with Crippen LogP contribution in [0.1, 0.15) is 32.0 Å². The number of aromatic nitrogens is 3. The van der Waals surface area contributed by atoms with Gasteiger partial charge in [0.25, 0.3) is 0 Å². The van der Waals surface area contributed by atoms with Crippen LogP contribution in [0.5, 0.6) is 11.5 Å². The zero-order chi connectivity index (χ0) is 22.8. The number of nitrogens with zero attached hydrogens (tertiary/aromatic N) is 4. The maximum Gasteiger partial charge on any atom is 0.327 e. The lowest BCUT2D eigenvalue weighted by molar-refractivity contribution is 0.258. The summed E-state index contributed by atoms with van der Waals surface area (Å²) >= 11 is 0. The van der Waals surface area contributed by atoms with Gasteiger partial charge in [-0.05, 0) is 42.2 Å². The van der Waals surface area contributed by atoms with Crippen molar-refractivity contribution in [2.45, 2.75) is 33.1 Å². The first-order chi connectivity index (χ1) is 14.7. The highest BCUT2D eigenvalue weighted by Gasteiger charge is 2.19. The second-order valence-electron chi connectivity index (χ2n) is 8.26. The van der Waals surface area contributed by atoms with Gasteiger partial charge in [-0.15, -0.1) is 5.10 Å². The number of nitrogens with one attached hydrogen (secondary N) is 1. The highest BCUT2D eigenvalue weighted by atomic mass is 16.5. The van der Waals surface area contributed by atoms with Crippen LogP contribution < -0.4 is 19.7 Å². The second-order valence-corrected chi connectivity index (χ2v) is 8.26. The molecule has 1 aromatic heterocycles. The zero-order valence-corrected chi connectivity index (χ0v) is 19.1. The van der Waals surface area contributed by atoms with E-state index in [4.69, 9.17) is 9.47 Å². The molecular formula is C23H29N5O3. The maximum absolute atomic E-state index is 12.8. The summed E-state index contributed by atoms with van der Waals surface area (Å²) in [6.45, 7) is 8.29. The minimum Gasteiger partial charge on any atom is -0.497 e. The first kappa shape index (κ1) is 22.1. The van der Waals surface area contributed by atoms with Gasteiger partial charge < -0.3 is 9.47 Å². The van der Waals surface area contributed by atoms with Gasteiger partial charge in [-0.1, -0.05) is 38.1 Å². The Morgan fingerprint density at radius 2 is 1.74 bits per heavy atom. The molecule has 8 heteroatoms. The van der Waals surface area contributed by atoms with Gasteiger partial charge in [0.15, 0.2) is 5.82 Å². The number of ether oxygens (including phenoxy) is 2. The molecular weight excluding hydrogens is 394 g/mol. The van der Waals surface area contributed by atoms with Crippen molar-refractivity contribution >= 4 is 17.5 Å². The van der Waals surface area contributed by atoms with E-state index in [1.54, 1.807) is 44.1 Å². The van der Waals surface area contributed by atoms with E-state index in [0.29, 0.717) is 28.7 Å². The molecule has 0 fully saturated rings. The van der Waals surface area contributed by atoms with E-state index in [-0.39, 0.29) is 11.4 Å². The van der Waals surface area contributed by atoms with Gasteiger partial charge in [-0.2, -0.15) is 0 Å². The summed E-state index contributed by atoms with van der Waals surface area (Å²) in [7, 11) is 4.89. The van der Waals surface area contributed by atoms with Gasteiger partial charge in [-0.25, -0.2) is 9.48 Å². The van der Waals surface area contributed by atoms with E-state index in [1.165, 1.54) is 10.5 Å². The molecule has 0 bridgehead atoms. The minimum absolute atomic E-state index is 0.0517. The number of carbonyl (C=O) groups excluding carboxylic acids is 1. The number of hydrogen-bond acceptors (Lipinski definition) is 5. The summed E-state index contributed by atoms with van der Waals surface area (Å²) < 4.78 is 12.3. The Balaban J connectivity index is 1.81. The van der Waals surface area contributed by atoms with Gasteiger partial charge >= 0.3 is 6.03 Å². The molecule has 0 aliphatic heterocycles. The van der Waals surface area contributed by atoms with Gasteiger partial charge in [-0.3, -0.25) is 10.2 Å². The molecule has 0 spiro atoms. The number of carbonyl (C=O) groups is 1. The van der Waals surface area contributed by atoms with E-state index in [9.17, 15) is 4.79 Å². The number of anilines is 2. The lowest BCUT2D eigenvalue weighted by Gasteiger charge is -2.22. The van der Waals surface area contributed by atoms with Crippen LogP contribution in [0.3, 0.4) is 0 Å². The number of amides is 2. The molecule has 0 saturated heterocycles. The average Bonchev–Trinajstić information content (AvgIpc) is 3.12. The third kappa shape index (κ3) is 4.63. The van der Waals surface area contributed by atoms with Crippen molar-refractivity contribution < 1.29 is 14.3 Å². The first-order valence-corrected chi connectivity index (χ1v) is 9.95. The molecule has 31 heavy (non-hydrogen) atoms. The third-order valence-electron chi connectivity index (χ3n) is 5.16. The van der Waals surface area contributed by atoms with Crippen molar-refractivity contribution in [1.29, 1.82) is 0 Å². The molecule has 164 valence electrons. The Hall–Kier alpha value is -3.55. The predicted molar refractivity (Wildman–Crippen MR) is 122 cm³/mol. The standard InChI is InChI=1S/C23H29N5O3/c1-15-21(25-26-28(15)19-14-18(30-6)12-13-20(19)31-7)24-22(29)27(5)17-10-8-16(9-11-17)23(2,3)4/h8-14H,1-7H3,(H,24,29). The van der Waals surface area contributed by atoms with E-state index < -0.39 is 0 Å². The molecule has 0 saturated carbocycles. The van der Waals surface area contributed by atoms with Crippen LogP contribution >= 0.6 is 0 Å². The largest absolute Gasteiger partial charge is 0.497 e. The van der Waals surface area contributed by atoms with Crippen LogP contribution in [0, 0.1) is 6.92 Å². The molecule has 3 aromatic rings. The van der Waals surface area contributed by atoms with E-state index in [0.717, 1.165) is 5.69 Å². The monoisotopic (exact) mass is 423 g/mol. The average molecular weight is 424 g/mol. The van der Waals surface area contributed by atoms with Crippen molar-refractivity contribution in [1.82, 2.24) is 15.0 Å². The van der Waals surface area contributed by atoms with Crippen LogP contribution in [-0.4, -0.2) is 42.3 Å². The molecule has 0 radical (unpaired) electrons. The first-order valence-electron chi connectivity index (χ1n) is 9.95. The molecule has 1 heterocycles. The quantitative estimate of drug-likeness (QED) is 0.651. The minimum atomic E-state index is -0.309. The lowest BCUT2D eigenvalue weighted by Crippen LogP contribution is -2.31. The number of urea groups is 1. The molecule has 2 amide bonds. The second kappa shape index (κ2) is 8.67. The van der Waals surface area contributed by atoms with Gasteiger partial charge in [0, 0.05) is 18.8 Å². The maximum atomic E-state index is 12.8. The normalized spacial score (nSPS) is 11.2. The topological polar surface area (TPSA) is 81.5 Å². The predicted octanol–water partition coefficient (Wildman–Crippen LogP) is 4.56. The van der Waals surface area contributed by atoms with Crippen molar-refractivity contribution in [2.75, 3.05) is 31.5 Å². The summed E-state index contributed by atoms with van der Waals surface area (Å²) in [5.74, 6) is 1.64. The number of hydrogen-bond donors (Lipinski definition) is 1. The highest BCUT2D eigenvalue weighted by Crippen LogP contribution is 2.29. The number of benzene rings is 2. The Morgan fingerprint density at radius 3 is 2.32 bits per heavy atom. The molecule has 1 N–H and O–H groups in total. The molecule has 2 aromatic carbocycles. The van der Waals surface area contributed by atoms with Crippen LogP contribution in [0.25, 0.3) is 5.69 Å². The van der Waals surface area contributed by atoms with Crippen LogP contribution in [-0.2, 0) is 5.41 Å². The number of rotatable bonds is 5. The molecule has 3 rings (SSSR count). The summed E-state index contributed by atoms with van der Waals surface area (Å²) in [5, 5.41) is 11.2. The Kier molecular flexibility index (Phi) is 6.19. The lowest BCUT2D eigenvalue weighted by atomic mass is 9.87. The Bertz CT molecular complexity index is 1070. The van der Waals surface area contributed by atoms with Crippen molar-refractivity contribution in [2.24, 2.45) is 0 Å². The zero-order valence-electron chi connectivity index (χ0n) is 19.1. The Morgan fingerprint density at radius 1 is 1.06 bits per heavy atom. The van der Waals surface area contributed by atoms with Crippen molar-refractivity contribution in [3.05, 3.63) is 53.7 Å². The fraction of sp³-hybridized carbons (Fsp3) is 0.348. The van der Waals surface area contributed by atoms with E-state index >= 15 is 0 Å². The van der Waals surface area contributed by atoms with Gasteiger partial charge in [0.05, 0.1) is 19.9 Å². The summed E-state index contributed by atoms with van der Waals surface area (Å²) in [6.07, 6.45) is 0. The molecule has 0 aliphatic rings. The Labute approximate surface area is 182 Å². The molecule has 0 atom stereocenters. The molecule has 0 aliphatic carbocycles. The highest BCUT2D eigenvalue weighted by molar-refractivity contribution is 6.01. The van der Waals surface area contributed by atoms with Crippen molar-refractivity contribution in [3.63, 3.8) is 0 Å². The SMILES string of the molecule is COc1ccc(OC)c(-n2nnc(NC(=O)N(C)c3ccc(C(C)(C)C)cc3)c2C)c1. The van der Waals surface area contributed by atoms with Gasteiger partial charge in [0.1, 0.15) is 17.2 Å². The van der Waals surface area contributed by atoms with Crippen LogP contribution in [0.2, 0.25) is 0 Å². The van der Waals surface area contributed by atoms with E-state index in [1.807, 2.05) is 31.2 Å². The smallest absolute Gasteiger partial charge is 0.327 e. The summed E-state index contributed by atoms with van der Waals surface area (Å²) in [4.78, 5) is 14.3. The van der Waals surface area contributed by atoms with Gasteiger partial charge in [0.2, 0.25) is 0 Å². The summed E-state index contributed by atoms with van der Waals surface area (Å²) in [6, 6.07) is 13.0. The molecule has 0 unspecified atom stereocenters. The van der Waals surface area contributed by atoms with E-state index in [2.05, 4.69) is 36.4 Å². The third-order valence-corrected chi connectivity index (χ3v) is 5.16. The van der Waals surface area contributed by atoms with Crippen molar-refractivity contribution in [3.8, 4) is 17.2 Å². The fourth-order valence-corrected chi connectivity index (χ4v) is 3.12. The molecule has 8 nitrogen and oxygen atoms in total. The summed E-state index contributed by atoms with van der Waals surface area (Å²) in [5.41, 5.74) is 3.37. The van der Waals surface area contributed by atoms with Crippen LogP contribution in [0.15, 0.2) is 42.5 Å².